The van der Waals surface area contributed by atoms with Gasteiger partial charge in [-0.25, -0.2) is 0 Å². The Morgan fingerprint density at radius 2 is 2.23 bits per heavy atom. The molecule has 1 fully saturated rings. The zero-order valence-electron chi connectivity index (χ0n) is 7.88. The van der Waals surface area contributed by atoms with Crippen LogP contribution in [0, 0.1) is 11.3 Å². The van der Waals surface area contributed by atoms with E-state index < -0.39 is 0 Å². The smallest absolute Gasteiger partial charge is 0.0994 e. The second kappa shape index (κ2) is 3.22. The molecule has 13 heavy (non-hydrogen) atoms. The van der Waals surface area contributed by atoms with Crippen molar-refractivity contribution in [3.63, 3.8) is 0 Å². The molecule has 0 bridgehead atoms. The van der Waals surface area contributed by atoms with E-state index in [1.54, 1.807) is 0 Å². The van der Waals surface area contributed by atoms with Crippen molar-refractivity contribution in [1.29, 1.82) is 5.26 Å². The van der Waals surface area contributed by atoms with E-state index in [-0.39, 0.29) is 0 Å². The maximum absolute atomic E-state index is 8.93. The topological polar surface area (TPSA) is 23.8 Å². The van der Waals surface area contributed by atoms with Gasteiger partial charge in [0.2, 0.25) is 0 Å². The van der Waals surface area contributed by atoms with Gasteiger partial charge in [-0.1, -0.05) is 19.1 Å². The van der Waals surface area contributed by atoms with E-state index in [2.05, 4.69) is 19.1 Å². The van der Waals surface area contributed by atoms with Gasteiger partial charge in [0.25, 0.3) is 0 Å². The lowest BCUT2D eigenvalue weighted by Gasteiger charge is -2.07. The number of hydrogen-bond acceptors (Lipinski definition) is 1. The predicted octanol–water partition coefficient (Wildman–Crippen LogP) is 3.00. The third-order valence-electron chi connectivity index (χ3n) is 2.70. The lowest BCUT2D eigenvalue weighted by molar-refractivity contribution is 1.02. The Hall–Kier alpha value is -1.29. The molecular weight excluding hydrogens is 158 g/mol. The van der Waals surface area contributed by atoms with Crippen molar-refractivity contribution in [2.45, 2.75) is 32.1 Å². The van der Waals surface area contributed by atoms with Crippen LogP contribution in [0.2, 0.25) is 0 Å². The Bertz CT molecular complexity index is 356. The molecule has 0 unspecified atom stereocenters. The van der Waals surface area contributed by atoms with E-state index in [9.17, 15) is 0 Å². The third kappa shape index (κ3) is 1.45. The SMILES string of the molecule is CCc1c(C#N)cccc1C1CC1. The molecule has 1 aliphatic carbocycles. The first-order valence-corrected chi connectivity index (χ1v) is 4.88. The lowest BCUT2D eigenvalue weighted by atomic mass is 9.96. The van der Waals surface area contributed by atoms with Crippen LogP contribution in [-0.2, 0) is 6.42 Å². The van der Waals surface area contributed by atoms with Crippen molar-refractivity contribution in [2.24, 2.45) is 0 Å². The number of nitrogens with zero attached hydrogens (tertiary/aromatic N) is 1. The summed E-state index contributed by atoms with van der Waals surface area (Å²) >= 11 is 0. The second-order valence-electron chi connectivity index (χ2n) is 3.61. The van der Waals surface area contributed by atoms with Gasteiger partial charge in [-0.15, -0.1) is 0 Å². The Labute approximate surface area is 79.0 Å². The number of rotatable bonds is 2. The van der Waals surface area contributed by atoms with Crippen molar-refractivity contribution >= 4 is 0 Å². The Kier molecular flexibility index (Phi) is 2.06. The highest BCUT2D eigenvalue weighted by atomic mass is 14.3. The Morgan fingerprint density at radius 3 is 2.77 bits per heavy atom. The number of nitriles is 1. The van der Waals surface area contributed by atoms with Crippen LogP contribution in [0.15, 0.2) is 18.2 Å². The van der Waals surface area contributed by atoms with Gasteiger partial charge in [-0.3, -0.25) is 0 Å². The minimum Gasteiger partial charge on any atom is -0.192 e. The third-order valence-corrected chi connectivity index (χ3v) is 2.70. The van der Waals surface area contributed by atoms with Crippen molar-refractivity contribution in [1.82, 2.24) is 0 Å². The summed E-state index contributed by atoms with van der Waals surface area (Å²) in [6.07, 6.45) is 3.60. The fourth-order valence-corrected chi connectivity index (χ4v) is 1.88. The van der Waals surface area contributed by atoms with Crippen molar-refractivity contribution in [3.8, 4) is 6.07 Å². The van der Waals surface area contributed by atoms with Crippen molar-refractivity contribution < 1.29 is 0 Å². The normalized spacial score (nSPS) is 15.4. The van der Waals surface area contributed by atoms with E-state index in [1.165, 1.54) is 24.0 Å². The molecule has 1 aromatic rings. The van der Waals surface area contributed by atoms with Crippen molar-refractivity contribution in [2.75, 3.05) is 0 Å². The van der Waals surface area contributed by atoms with Gasteiger partial charge in [0.15, 0.2) is 0 Å². The van der Waals surface area contributed by atoms with Crippen LogP contribution in [0.4, 0.5) is 0 Å². The van der Waals surface area contributed by atoms with E-state index in [0.717, 1.165) is 17.9 Å². The van der Waals surface area contributed by atoms with Crippen LogP contribution < -0.4 is 0 Å². The summed E-state index contributed by atoms with van der Waals surface area (Å²) in [6, 6.07) is 8.37. The van der Waals surface area contributed by atoms with Crippen LogP contribution >= 0.6 is 0 Å². The van der Waals surface area contributed by atoms with Gasteiger partial charge in [0, 0.05) is 0 Å². The molecule has 0 aliphatic heterocycles. The van der Waals surface area contributed by atoms with E-state index in [4.69, 9.17) is 5.26 Å². The summed E-state index contributed by atoms with van der Waals surface area (Å²) in [6.45, 7) is 2.13. The summed E-state index contributed by atoms with van der Waals surface area (Å²) in [5, 5.41) is 8.93. The summed E-state index contributed by atoms with van der Waals surface area (Å²) in [5.41, 5.74) is 3.56. The molecule has 1 heteroatoms. The van der Waals surface area contributed by atoms with Gasteiger partial charge < -0.3 is 0 Å². The molecule has 1 nitrogen and oxygen atoms in total. The Morgan fingerprint density at radius 1 is 1.46 bits per heavy atom. The van der Waals surface area contributed by atoms with E-state index >= 15 is 0 Å². The standard InChI is InChI=1S/C12H13N/c1-2-11-10(8-13)4-3-5-12(11)9-6-7-9/h3-5,9H,2,6-7H2,1H3. The number of benzene rings is 1. The molecular formula is C12H13N. The maximum atomic E-state index is 8.93. The fourth-order valence-electron chi connectivity index (χ4n) is 1.88. The molecule has 0 N–H and O–H groups in total. The summed E-state index contributed by atoms with van der Waals surface area (Å²) < 4.78 is 0. The van der Waals surface area contributed by atoms with E-state index in [0.29, 0.717) is 0 Å². The maximum Gasteiger partial charge on any atom is 0.0994 e. The minimum absolute atomic E-state index is 0.753. The van der Waals surface area contributed by atoms with E-state index in [1.807, 2.05) is 12.1 Å². The number of hydrogen-bond donors (Lipinski definition) is 0. The van der Waals surface area contributed by atoms with Gasteiger partial charge >= 0.3 is 0 Å². The zero-order chi connectivity index (χ0) is 9.26. The fraction of sp³-hybridized carbons (Fsp3) is 0.417. The average molecular weight is 171 g/mol. The van der Waals surface area contributed by atoms with Gasteiger partial charge in [0.05, 0.1) is 11.6 Å². The van der Waals surface area contributed by atoms with Crippen LogP contribution in [0.5, 0.6) is 0 Å². The molecule has 2 rings (SSSR count). The Balaban J connectivity index is 2.49. The largest absolute Gasteiger partial charge is 0.192 e. The highest BCUT2D eigenvalue weighted by Crippen LogP contribution is 2.42. The average Bonchev–Trinajstić information content (AvgIpc) is 2.99. The van der Waals surface area contributed by atoms with Gasteiger partial charge in [-0.2, -0.15) is 5.26 Å². The summed E-state index contributed by atoms with van der Waals surface area (Å²) in [4.78, 5) is 0. The lowest BCUT2D eigenvalue weighted by Crippen LogP contribution is -1.94. The summed E-state index contributed by atoms with van der Waals surface area (Å²) in [5.74, 6) is 0.753. The molecule has 0 aromatic heterocycles. The van der Waals surface area contributed by atoms with Crippen molar-refractivity contribution in [3.05, 3.63) is 34.9 Å². The van der Waals surface area contributed by atoms with Gasteiger partial charge in [0.1, 0.15) is 0 Å². The molecule has 0 heterocycles. The van der Waals surface area contributed by atoms with Crippen LogP contribution in [0.3, 0.4) is 0 Å². The summed E-state index contributed by atoms with van der Waals surface area (Å²) in [7, 11) is 0. The highest BCUT2D eigenvalue weighted by molar-refractivity contribution is 5.45. The van der Waals surface area contributed by atoms with Crippen LogP contribution in [-0.4, -0.2) is 0 Å². The first-order valence-electron chi connectivity index (χ1n) is 4.88. The second-order valence-corrected chi connectivity index (χ2v) is 3.61. The minimum atomic E-state index is 0.753. The first-order chi connectivity index (χ1) is 6.36. The molecule has 0 spiro atoms. The molecule has 1 saturated carbocycles. The molecule has 1 aromatic carbocycles. The van der Waals surface area contributed by atoms with Crippen LogP contribution in [0.25, 0.3) is 0 Å². The monoisotopic (exact) mass is 171 g/mol. The molecule has 1 aliphatic rings. The molecule has 0 radical (unpaired) electrons. The van der Waals surface area contributed by atoms with Crippen LogP contribution in [0.1, 0.15) is 42.4 Å². The molecule has 0 amide bonds. The highest BCUT2D eigenvalue weighted by Gasteiger charge is 2.26. The van der Waals surface area contributed by atoms with Gasteiger partial charge in [-0.05, 0) is 42.4 Å². The zero-order valence-corrected chi connectivity index (χ0v) is 7.88. The molecule has 66 valence electrons. The quantitative estimate of drug-likeness (QED) is 0.671. The first kappa shape index (κ1) is 8.31. The molecule has 0 saturated heterocycles. The predicted molar refractivity (Wildman–Crippen MR) is 52.5 cm³/mol. The molecule has 0 atom stereocenters.